The van der Waals surface area contributed by atoms with Crippen LogP contribution in [0.2, 0.25) is 0 Å². The summed E-state index contributed by atoms with van der Waals surface area (Å²) >= 11 is 0. The van der Waals surface area contributed by atoms with Gasteiger partial charge in [0, 0.05) is 12.0 Å². The summed E-state index contributed by atoms with van der Waals surface area (Å²) < 4.78 is 5.39. The van der Waals surface area contributed by atoms with E-state index in [1.54, 1.807) is 7.11 Å². The number of terminal acetylenes is 1. The molecule has 4 heteroatoms. The highest BCUT2D eigenvalue weighted by Crippen LogP contribution is 2.42. The van der Waals surface area contributed by atoms with Gasteiger partial charge in [0.05, 0.1) is 20.2 Å². The summed E-state index contributed by atoms with van der Waals surface area (Å²) in [4.78, 5) is 4.80. The van der Waals surface area contributed by atoms with Crippen LogP contribution >= 0.6 is 0 Å². The average Bonchev–Trinajstić information content (AvgIpc) is 3.07. The van der Waals surface area contributed by atoms with E-state index in [0.717, 1.165) is 37.6 Å². The molecule has 2 N–H and O–H groups in total. The Labute approximate surface area is 139 Å². The molecule has 23 heavy (non-hydrogen) atoms. The van der Waals surface area contributed by atoms with Crippen molar-refractivity contribution in [2.45, 2.75) is 38.0 Å². The van der Waals surface area contributed by atoms with E-state index >= 15 is 0 Å². The van der Waals surface area contributed by atoms with Crippen LogP contribution in [0.5, 0.6) is 5.75 Å². The van der Waals surface area contributed by atoms with Crippen molar-refractivity contribution in [3.05, 3.63) is 29.8 Å². The molecule has 4 nitrogen and oxygen atoms in total. The van der Waals surface area contributed by atoms with Gasteiger partial charge in [0.15, 0.2) is 5.96 Å². The third kappa shape index (κ3) is 4.41. The van der Waals surface area contributed by atoms with E-state index in [4.69, 9.17) is 16.2 Å². The number of ether oxygens (including phenoxy) is 1. The zero-order valence-corrected chi connectivity index (χ0v) is 14.2. The highest BCUT2D eigenvalue weighted by molar-refractivity contribution is 5.80. The van der Waals surface area contributed by atoms with Crippen LogP contribution in [-0.4, -0.2) is 32.7 Å². The van der Waals surface area contributed by atoms with Crippen LogP contribution in [0.4, 0.5) is 0 Å². The number of rotatable bonds is 6. The molecule has 0 amide bonds. The van der Waals surface area contributed by atoms with Gasteiger partial charge in [-0.3, -0.25) is 4.99 Å². The lowest BCUT2D eigenvalue weighted by atomic mass is 9.79. The molecule has 0 saturated heterocycles. The van der Waals surface area contributed by atoms with Crippen molar-refractivity contribution in [1.82, 2.24) is 10.6 Å². The molecule has 0 atom stereocenters. The van der Waals surface area contributed by atoms with E-state index in [1.807, 2.05) is 6.07 Å². The zero-order chi connectivity index (χ0) is 16.5. The average molecular weight is 313 g/mol. The number of hydrogen-bond donors (Lipinski definition) is 2. The molecule has 0 unspecified atom stereocenters. The molecule has 1 aromatic rings. The topological polar surface area (TPSA) is 45.7 Å². The number of methoxy groups -OCH3 is 1. The van der Waals surface area contributed by atoms with Gasteiger partial charge in [0.2, 0.25) is 0 Å². The van der Waals surface area contributed by atoms with Crippen molar-refractivity contribution in [2.75, 3.05) is 26.7 Å². The van der Waals surface area contributed by atoms with Crippen molar-refractivity contribution >= 4 is 5.96 Å². The van der Waals surface area contributed by atoms with Crippen LogP contribution in [0.15, 0.2) is 29.3 Å². The standard InChI is InChI=1S/C19H27N3O/c1-4-13-21-18(20-5-2)22-15-19(11-6-7-12-19)16-9-8-10-17(14-16)23-3/h1,8-10,14H,5-7,11-13,15H2,2-3H3,(H2,20,21,22). The summed E-state index contributed by atoms with van der Waals surface area (Å²) in [5, 5.41) is 6.41. The summed E-state index contributed by atoms with van der Waals surface area (Å²) in [7, 11) is 1.71. The summed E-state index contributed by atoms with van der Waals surface area (Å²) in [5.41, 5.74) is 1.43. The molecule has 1 fully saturated rings. The number of aliphatic imine (C=N–C) groups is 1. The lowest BCUT2D eigenvalue weighted by molar-refractivity contribution is 0.407. The van der Waals surface area contributed by atoms with Gasteiger partial charge < -0.3 is 15.4 Å². The summed E-state index contributed by atoms with van der Waals surface area (Å²) in [6.45, 7) is 4.13. The maximum absolute atomic E-state index is 5.39. The number of hydrogen-bond acceptors (Lipinski definition) is 2. The highest BCUT2D eigenvalue weighted by Gasteiger charge is 2.35. The first kappa shape index (κ1) is 17.2. The first-order valence-corrected chi connectivity index (χ1v) is 8.34. The quantitative estimate of drug-likeness (QED) is 0.482. The Morgan fingerprint density at radius 3 is 2.78 bits per heavy atom. The predicted molar refractivity (Wildman–Crippen MR) is 96.0 cm³/mol. The highest BCUT2D eigenvalue weighted by atomic mass is 16.5. The van der Waals surface area contributed by atoms with E-state index in [9.17, 15) is 0 Å². The Morgan fingerprint density at radius 1 is 1.35 bits per heavy atom. The fourth-order valence-electron chi connectivity index (χ4n) is 3.25. The summed E-state index contributed by atoms with van der Waals surface area (Å²) in [6, 6.07) is 8.42. The number of nitrogens with zero attached hydrogens (tertiary/aromatic N) is 1. The van der Waals surface area contributed by atoms with E-state index in [-0.39, 0.29) is 5.41 Å². The van der Waals surface area contributed by atoms with Crippen LogP contribution in [-0.2, 0) is 5.41 Å². The third-order valence-corrected chi connectivity index (χ3v) is 4.48. The molecule has 1 aliphatic rings. The Kier molecular flexibility index (Phi) is 6.34. The first-order chi connectivity index (χ1) is 11.2. The van der Waals surface area contributed by atoms with E-state index < -0.39 is 0 Å². The molecular weight excluding hydrogens is 286 g/mol. The van der Waals surface area contributed by atoms with Crippen LogP contribution < -0.4 is 15.4 Å². The van der Waals surface area contributed by atoms with Gasteiger partial charge >= 0.3 is 0 Å². The molecular formula is C19H27N3O. The van der Waals surface area contributed by atoms with Crippen molar-refractivity contribution in [1.29, 1.82) is 0 Å². The normalized spacial score (nSPS) is 16.7. The van der Waals surface area contributed by atoms with Gasteiger partial charge in [0.25, 0.3) is 0 Å². The third-order valence-electron chi connectivity index (χ3n) is 4.48. The minimum atomic E-state index is 0.104. The second-order valence-corrected chi connectivity index (χ2v) is 5.97. The lowest BCUT2D eigenvalue weighted by Gasteiger charge is -2.28. The van der Waals surface area contributed by atoms with E-state index in [1.165, 1.54) is 18.4 Å². The van der Waals surface area contributed by atoms with Crippen molar-refractivity contribution < 1.29 is 4.74 Å². The summed E-state index contributed by atoms with van der Waals surface area (Å²) in [6.07, 6.45) is 10.2. The molecule has 0 aliphatic heterocycles. The Balaban J connectivity index is 2.21. The molecule has 1 aliphatic carbocycles. The largest absolute Gasteiger partial charge is 0.497 e. The minimum Gasteiger partial charge on any atom is -0.497 e. The molecule has 0 spiro atoms. The maximum atomic E-state index is 5.39. The van der Waals surface area contributed by atoms with Crippen molar-refractivity contribution in [3.8, 4) is 18.1 Å². The Morgan fingerprint density at radius 2 is 2.13 bits per heavy atom. The van der Waals surface area contributed by atoms with Crippen molar-refractivity contribution in [3.63, 3.8) is 0 Å². The SMILES string of the molecule is C#CCNC(=NCC1(c2cccc(OC)c2)CCCC1)NCC. The van der Waals surface area contributed by atoms with E-state index in [0.29, 0.717) is 6.54 Å². The molecule has 0 radical (unpaired) electrons. The van der Waals surface area contributed by atoms with Crippen molar-refractivity contribution in [2.24, 2.45) is 4.99 Å². The second kappa shape index (κ2) is 8.47. The maximum Gasteiger partial charge on any atom is 0.192 e. The monoisotopic (exact) mass is 313 g/mol. The van der Waals surface area contributed by atoms with Gasteiger partial charge in [-0.25, -0.2) is 0 Å². The van der Waals surface area contributed by atoms with E-state index in [2.05, 4.69) is 41.7 Å². The van der Waals surface area contributed by atoms with Crippen LogP contribution in [0.3, 0.4) is 0 Å². The zero-order valence-electron chi connectivity index (χ0n) is 14.2. The summed E-state index contributed by atoms with van der Waals surface area (Å²) in [5.74, 6) is 4.30. The minimum absolute atomic E-state index is 0.104. The predicted octanol–water partition coefficient (Wildman–Crippen LogP) is 2.70. The Bertz CT molecular complexity index is 568. The van der Waals surface area contributed by atoms with Crippen LogP contribution in [0.25, 0.3) is 0 Å². The molecule has 0 bridgehead atoms. The molecule has 0 aromatic heterocycles. The number of guanidine groups is 1. The van der Waals surface area contributed by atoms with Gasteiger partial charge in [-0.05, 0) is 37.5 Å². The fourth-order valence-corrected chi connectivity index (χ4v) is 3.25. The molecule has 1 aromatic carbocycles. The number of nitrogens with one attached hydrogen (secondary N) is 2. The number of benzene rings is 1. The van der Waals surface area contributed by atoms with Crippen LogP contribution in [0.1, 0.15) is 38.2 Å². The Hall–Kier alpha value is -2.15. The second-order valence-electron chi connectivity index (χ2n) is 5.97. The van der Waals surface area contributed by atoms with Gasteiger partial charge in [-0.1, -0.05) is 30.9 Å². The smallest absolute Gasteiger partial charge is 0.192 e. The first-order valence-electron chi connectivity index (χ1n) is 8.34. The van der Waals surface area contributed by atoms with Gasteiger partial charge in [-0.15, -0.1) is 6.42 Å². The molecule has 0 heterocycles. The van der Waals surface area contributed by atoms with Crippen LogP contribution in [0, 0.1) is 12.3 Å². The fraction of sp³-hybridized carbons (Fsp3) is 0.526. The molecule has 1 saturated carbocycles. The molecule has 124 valence electrons. The molecule has 2 rings (SSSR count). The van der Waals surface area contributed by atoms with Gasteiger partial charge in [-0.2, -0.15) is 0 Å². The van der Waals surface area contributed by atoms with Gasteiger partial charge in [0.1, 0.15) is 5.75 Å². The lowest BCUT2D eigenvalue weighted by Crippen LogP contribution is -2.39.